The lowest BCUT2D eigenvalue weighted by Gasteiger charge is -2.11. The molecule has 160 valence electrons. The van der Waals surface area contributed by atoms with Gasteiger partial charge in [-0.15, -0.1) is 0 Å². The van der Waals surface area contributed by atoms with Crippen molar-refractivity contribution in [3.05, 3.63) is 64.7 Å². The van der Waals surface area contributed by atoms with Gasteiger partial charge in [-0.25, -0.2) is 9.97 Å². The van der Waals surface area contributed by atoms with E-state index < -0.39 is 0 Å². The van der Waals surface area contributed by atoms with Crippen LogP contribution < -0.4 is 15.4 Å². The summed E-state index contributed by atoms with van der Waals surface area (Å²) in [5.41, 5.74) is 4.01. The van der Waals surface area contributed by atoms with Crippen molar-refractivity contribution >= 4 is 17.5 Å². The van der Waals surface area contributed by atoms with Gasteiger partial charge in [-0.1, -0.05) is 6.07 Å². The van der Waals surface area contributed by atoms with Crippen LogP contribution in [0.1, 0.15) is 50.5 Å². The minimum Gasteiger partial charge on any atom is -0.457 e. The van der Waals surface area contributed by atoms with Gasteiger partial charge in [0.25, 0.3) is 11.8 Å². The number of amides is 2. The fourth-order valence-electron chi connectivity index (χ4n) is 3.03. The first-order valence-corrected chi connectivity index (χ1v) is 10.1. The topological polar surface area (TPSA) is 111 Å². The summed E-state index contributed by atoms with van der Waals surface area (Å²) < 4.78 is 7.31. The van der Waals surface area contributed by atoms with Crippen molar-refractivity contribution in [2.24, 2.45) is 7.05 Å². The molecule has 3 aromatic rings. The largest absolute Gasteiger partial charge is 0.457 e. The van der Waals surface area contributed by atoms with Gasteiger partial charge in [0.15, 0.2) is 0 Å². The number of ether oxygens (including phenoxy) is 1. The predicted octanol–water partition coefficient (Wildman–Crippen LogP) is 2.55. The molecule has 1 fully saturated rings. The van der Waals surface area contributed by atoms with Gasteiger partial charge in [0, 0.05) is 36.7 Å². The molecule has 0 saturated heterocycles. The summed E-state index contributed by atoms with van der Waals surface area (Å²) in [4.78, 5) is 33.1. The van der Waals surface area contributed by atoms with Crippen molar-refractivity contribution < 1.29 is 14.3 Å². The molecule has 0 bridgehead atoms. The molecule has 2 heterocycles. The number of nitrogens with one attached hydrogen (secondary N) is 2. The number of anilines is 1. The molecular formula is C22H24N6O3. The van der Waals surface area contributed by atoms with Gasteiger partial charge in [0.05, 0.1) is 17.0 Å². The second kappa shape index (κ2) is 8.55. The highest BCUT2D eigenvalue weighted by molar-refractivity contribution is 6.05. The average Bonchev–Trinajstić information content (AvgIpc) is 3.50. The molecular weight excluding hydrogens is 396 g/mol. The van der Waals surface area contributed by atoms with Crippen LogP contribution in [0.15, 0.2) is 36.7 Å². The number of benzene rings is 1. The second-order valence-electron chi connectivity index (χ2n) is 7.68. The second-order valence-corrected chi connectivity index (χ2v) is 7.68. The Kier molecular flexibility index (Phi) is 5.66. The third kappa shape index (κ3) is 5.06. The van der Waals surface area contributed by atoms with Gasteiger partial charge in [0.1, 0.15) is 6.61 Å². The lowest BCUT2D eigenvalue weighted by atomic mass is 10.1. The van der Waals surface area contributed by atoms with Gasteiger partial charge in [-0.05, 0) is 50.5 Å². The van der Waals surface area contributed by atoms with E-state index in [1.165, 1.54) is 12.4 Å². The molecule has 1 aromatic carbocycles. The van der Waals surface area contributed by atoms with E-state index in [2.05, 4.69) is 25.7 Å². The van der Waals surface area contributed by atoms with Crippen LogP contribution in [-0.4, -0.2) is 37.6 Å². The van der Waals surface area contributed by atoms with Crippen molar-refractivity contribution in [1.29, 1.82) is 0 Å². The molecule has 2 aromatic heterocycles. The maximum atomic E-state index is 12.6. The molecule has 0 radical (unpaired) electrons. The molecule has 2 N–H and O–H groups in total. The molecule has 1 saturated carbocycles. The average molecular weight is 420 g/mol. The minimum absolute atomic E-state index is 0.133. The van der Waals surface area contributed by atoms with Gasteiger partial charge < -0.3 is 15.4 Å². The summed E-state index contributed by atoms with van der Waals surface area (Å²) in [7, 11) is 1.84. The van der Waals surface area contributed by atoms with Gasteiger partial charge in [-0.2, -0.15) is 5.10 Å². The molecule has 0 spiro atoms. The fourth-order valence-corrected chi connectivity index (χ4v) is 3.03. The lowest BCUT2D eigenvalue weighted by Crippen LogP contribution is -2.25. The smallest absolute Gasteiger partial charge is 0.316 e. The normalized spacial score (nSPS) is 13.0. The molecule has 9 heteroatoms. The standard InChI is InChI=1S/C22H24N6O3/c1-13-4-5-15(20(29)25-17-6-7-17)9-19(13)26-21(30)16-10-23-22(24-11-16)31-12-18-8-14(2)27-28(18)3/h4-5,8-11,17H,6-7,12H2,1-3H3,(H,25,29)(H,26,30). The van der Waals surface area contributed by atoms with Crippen LogP contribution >= 0.6 is 0 Å². The lowest BCUT2D eigenvalue weighted by molar-refractivity contribution is 0.0949. The molecule has 2 amide bonds. The van der Waals surface area contributed by atoms with Crippen LogP contribution in [0, 0.1) is 13.8 Å². The Bertz CT molecular complexity index is 1120. The molecule has 4 rings (SSSR count). The van der Waals surface area contributed by atoms with Crippen LogP contribution in [0.2, 0.25) is 0 Å². The van der Waals surface area contributed by atoms with E-state index in [-0.39, 0.29) is 36.0 Å². The summed E-state index contributed by atoms with van der Waals surface area (Å²) in [5.74, 6) is -0.497. The molecule has 0 unspecified atom stereocenters. The van der Waals surface area contributed by atoms with Crippen LogP contribution in [0.4, 0.5) is 5.69 Å². The highest BCUT2D eigenvalue weighted by Gasteiger charge is 2.24. The first-order valence-electron chi connectivity index (χ1n) is 10.1. The van der Waals surface area contributed by atoms with Crippen molar-refractivity contribution in [3.63, 3.8) is 0 Å². The zero-order valence-electron chi connectivity index (χ0n) is 17.7. The van der Waals surface area contributed by atoms with E-state index in [4.69, 9.17) is 4.74 Å². The monoisotopic (exact) mass is 420 g/mol. The zero-order chi connectivity index (χ0) is 22.0. The number of carbonyl (C=O) groups is 2. The Morgan fingerprint density at radius 3 is 2.48 bits per heavy atom. The van der Waals surface area contributed by atoms with Crippen molar-refractivity contribution in [2.75, 3.05) is 5.32 Å². The van der Waals surface area contributed by atoms with Crippen molar-refractivity contribution in [1.82, 2.24) is 25.1 Å². The van der Waals surface area contributed by atoms with Gasteiger partial charge in [0.2, 0.25) is 0 Å². The minimum atomic E-state index is -0.364. The van der Waals surface area contributed by atoms with Crippen molar-refractivity contribution in [2.45, 2.75) is 39.3 Å². The molecule has 9 nitrogen and oxygen atoms in total. The Balaban J connectivity index is 1.39. The Morgan fingerprint density at radius 1 is 1.10 bits per heavy atom. The van der Waals surface area contributed by atoms with E-state index in [9.17, 15) is 9.59 Å². The number of rotatable bonds is 7. The Hall–Kier alpha value is -3.75. The van der Waals surface area contributed by atoms with E-state index >= 15 is 0 Å². The van der Waals surface area contributed by atoms with Crippen LogP contribution in [0.25, 0.3) is 0 Å². The number of aryl methyl sites for hydroxylation is 3. The van der Waals surface area contributed by atoms with Crippen LogP contribution in [0.3, 0.4) is 0 Å². The fraction of sp³-hybridized carbons (Fsp3) is 0.318. The summed E-state index contributed by atoms with van der Waals surface area (Å²) in [6.07, 6.45) is 4.85. The van der Waals surface area contributed by atoms with Gasteiger partial charge in [-0.3, -0.25) is 14.3 Å². The molecule has 0 aliphatic heterocycles. The zero-order valence-corrected chi connectivity index (χ0v) is 17.7. The third-order valence-corrected chi connectivity index (χ3v) is 5.00. The predicted molar refractivity (Wildman–Crippen MR) is 114 cm³/mol. The summed E-state index contributed by atoms with van der Waals surface area (Å²) >= 11 is 0. The maximum Gasteiger partial charge on any atom is 0.316 e. The summed E-state index contributed by atoms with van der Waals surface area (Å²) in [6, 6.07) is 7.60. The van der Waals surface area contributed by atoms with Crippen molar-refractivity contribution in [3.8, 4) is 6.01 Å². The van der Waals surface area contributed by atoms with E-state index in [0.717, 1.165) is 29.8 Å². The number of nitrogens with zero attached hydrogens (tertiary/aromatic N) is 4. The number of aromatic nitrogens is 4. The third-order valence-electron chi connectivity index (χ3n) is 5.00. The molecule has 1 aliphatic carbocycles. The number of hydrogen-bond acceptors (Lipinski definition) is 6. The van der Waals surface area contributed by atoms with Crippen LogP contribution in [0.5, 0.6) is 6.01 Å². The molecule has 31 heavy (non-hydrogen) atoms. The molecule has 1 aliphatic rings. The van der Waals surface area contributed by atoms with E-state index in [1.807, 2.05) is 33.0 Å². The number of hydrogen-bond donors (Lipinski definition) is 2. The summed E-state index contributed by atoms with van der Waals surface area (Å²) in [6.45, 7) is 4.05. The number of carbonyl (C=O) groups excluding carboxylic acids is 2. The quantitative estimate of drug-likeness (QED) is 0.608. The maximum absolute atomic E-state index is 12.6. The summed E-state index contributed by atoms with van der Waals surface area (Å²) in [5, 5.41) is 10.0. The first-order chi connectivity index (χ1) is 14.9. The first kappa shape index (κ1) is 20.5. The van der Waals surface area contributed by atoms with E-state index in [1.54, 1.807) is 16.8 Å². The van der Waals surface area contributed by atoms with Gasteiger partial charge >= 0.3 is 6.01 Å². The van der Waals surface area contributed by atoms with Crippen LogP contribution in [-0.2, 0) is 13.7 Å². The highest BCUT2D eigenvalue weighted by atomic mass is 16.5. The highest BCUT2D eigenvalue weighted by Crippen LogP contribution is 2.22. The Morgan fingerprint density at radius 2 is 1.84 bits per heavy atom. The molecule has 0 atom stereocenters. The SMILES string of the molecule is Cc1cc(COc2ncc(C(=O)Nc3cc(C(=O)NC4CC4)ccc3C)cn2)n(C)n1. The van der Waals surface area contributed by atoms with E-state index in [0.29, 0.717) is 11.3 Å². The Labute approximate surface area is 179 Å².